The second kappa shape index (κ2) is 23.2. The summed E-state index contributed by atoms with van der Waals surface area (Å²) in [4.78, 5) is 11.5. The molecule has 0 radical (unpaired) electrons. The van der Waals surface area contributed by atoms with Crippen LogP contribution in [-0.4, -0.2) is 72.9 Å². The number of aliphatic hydroxyl groups excluding tert-OH is 2. The molecule has 5 atom stereocenters. The first-order valence-corrected chi connectivity index (χ1v) is 15.1. The molecule has 218 valence electrons. The number of carbonyl (C=O) groups is 1. The topological polar surface area (TPSA) is 154 Å². The van der Waals surface area contributed by atoms with Crippen molar-refractivity contribution in [3.05, 3.63) is 12.2 Å². The molecule has 0 aromatic heterocycles. The smallest absolute Gasteiger partial charge is 0.726 e. The summed E-state index contributed by atoms with van der Waals surface area (Å²) in [5, 5.41) is 23.1. The van der Waals surface area contributed by atoms with Crippen molar-refractivity contribution in [1.82, 2.24) is 5.32 Å². The maximum absolute atomic E-state index is 11.5. The Balaban J connectivity index is 0.0000137. The molecular weight excluding hydrogens is 541 g/mol. The van der Waals surface area contributed by atoms with Crippen LogP contribution in [0.4, 0.5) is 0 Å². The van der Waals surface area contributed by atoms with E-state index in [-0.39, 0.29) is 58.0 Å². The zero-order valence-corrected chi connectivity index (χ0v) is 27.5. The number of hydrogen-bond acceptors (Lipinski definition) is 9. The van der Waals surface area contributed by atoms with Gasteiger partial charge in [-0.05, 0) is 32.1 Å². The third kappa shape index (κ3) is 18.8. The summed E-state index contributed by atoms with van der Waals surface area (Å²) in [5.74, 6) is -0.456. The summed E-state index contributed by atoms with van der Waals surface area (Å²) < 4.78 is 47.6. The van der Waals surface area contributed by atoms with Crippen LogP contribution in [0.5, 0.6) is 0 Å². The number of nitrogens with one attached hydrogen (secondary N) is 1. The molecule has 1 rings (SSSR count). The van der Waals surface area contributed by atoms with Crippen LogP contribution < -0.4 is 56.7 Å². The second-order valence-corrected chi connectivity index (χ2v) is 10.8. The monoisotopic (exact) mass is 589 g/mol. The maximum atomic E-state index is 11.5. The van der Waals surface area contributed by atoms with Gasteiger partial charge in [0.2, 0.25) is 16.3 Å². The van der Waals surface area contributed by atoms with E-state index in [4.69, 9.17) is 9.47 Å². The fourth-order valence-corrected chi connectivity index (χ4v) is 4.60. The number of hydrogen-bond donors (Lipinski definition) is 3. The average Bonchev–Trinajstić information content (AvgIpc) is 2.83. The van der Waals surface area contributed by atoms with Gasteiger partial charge in [-0.15, -0.1) is 0 Å². The van der Waals surface area contributed by atoms with Gasteiger partial charge in [-0.2, -0.15) is 0 Å². The Labute approximate surface area is 272 Å². The Bertz CT molecular complexity index is 738. The summed E-state index contributed by atoms with van der Waals surface area (Å²) in [5.41, 5.74) is 0. The third-order valence-electron chi connectivity index (χ3n) is 6.39. The van der Waals surface area contributed by atoms with Crippen molar-refractivity contribution in [3.8, 4) is 0 Å². The SMILES string of the molecule is CCCCCCCC/C=C\CCCCCCCCO[C@H]1O[C@H](COS(=O)(=O)[O-])[C@@H](O)[C@H](O)[C@H]1NC(C)=O.[K+]. The largest absolute Gasteiger partial charge is 1.00 e. The zero-order valence-electron chi connectivity index (χ0n) is 23.5. The van der Waals surface area contributed by atoms with E-state index in [9.17, 15) is 28.0 Å². The van der Waals surface area contributed by atoms with Crippen LogP contribution in [-0.2, 0) is 28.9 Å². The van der Waals surface area contributed by atoms with Crippen LogP contribution in [0.2, 0.25) is 0 Å². The van der Waals surface area contributed by atoms with Gasteiger partial charge in [-0.3, -0.25) is 8.98 Å². The van der Waals surface area contributed by atoms with Gasteiger partial charge < -0.3 is 29.6 Å². The van der Waals surface area contributed by atoms with Crippen molar-refractivity contribution in [2.45, 2.75) is 134 Å². The molecule has 1 amide bonds. The second-order valence-electron chi connectivity index (χ2n) is 9.75. The molecule has 10 nitrogen and oxygen atoms in total. The molecule has 0 aromatic carbocycles. The number of rotatable bonds is 21. The standard InChI is InChI=1S/C26H49NO9S.K/c1-3-4-5-6-7-8-9-10-11-12-13-14-15-16-17-18-19-34-26-23(27-21(2)28)25(30)24(29)22(36-26)20-35-37(31,32)33;/h10-11,22-26,29-30H,3-9,12-20H2,1-2H3,(H,27,28)(H,31,32,33);/q;+1/p-1/b11-10-;/t22-,23-,24-,25-,26+;/m1./s1. The van der Waals surface area contributed by atoms with Crippen LogP contribution >= 0.6 is 0 Å². The number of carbonyl (C=O) groups excluding carboxylic acids is 1. The van der Waals surface area contributed by atoms with E-state index in [1.807, 2.05) is 0 Å². The van der Waals surface area contributed by atoms with Gasteiger partial charge in [0.05, 0.1) is 6.61 Å². The van der Waals surface area contributed by atoms with Crippen molar-refractivity contribution in [1.29, 1.82) is 0 Å². The molecule has 0 aromatic rings. The van der Waals surface area contributed by atoms with E-state index in [2.05, 4.69) is 28.6 Å². The average molecular weight is 590 g/mol. The van der Waals surface area contributed by atoms with Gasteiger partial charge in [0.25, 0.3) is 0 Å². The first kappa shape index (κ1) is 38.6. The maximum Gasteiger partial charge on any atom is 1.00 e. The van der Waals surface area contributed by atoms with Gasteiger partial charge >= 0.3 is 51.4 Å². The predicted octanol–water partition coefficient (Wildman–Crippen LogP) is 0.473. The number of amides is 1. The Hall–Kier alpha value is 0.556. The van der Waals surface area contributed by atoms with Gasteiger partial charge in [0.1, 0.15) is 24.4 Å². The minimum absolute atomic E-state index is 0. The number of ether oxygens (including phenoxy) is 2. The van der Waals surface area contributed by atoms with Crippen molar-refractivity contribution >= 4 is 16.3 Å². The Morgan fingerprint density at radius 3 is 1.97 bits per heavy atom. The molecule has 3 N–H and O–H groups in total. The molecule has 1 heterocycles. The third-order valence-corrected chi connectivity index (χ3v) is 6.81. The summed E-state index contributed by atoms with van der Waals surface area (Å²) in [6.07, 6.45) is 15.6. The quantitative estimate of drug-likeness (QED) is 0.0570. The van der Waals surface area contributed by atoms with Gasteiger partial charge in [0, 0.05) is 13.5 Å². The molecule has 0 aliphatic carbocycles. The molecule has 0 saturated carbocycles. The van der Waals surface area contributed by atoms with Crippen LogP contribution in [0.25, 0.3) is 0 Å². The molecule has 12 heteroatoms. The van der Waals surface area contributed by atoms with E-state index in [1.54, 1.807) is 0 Å². The van der Waals surface area contributed by atoms with E-state index in [0.717, 1.165) is 32.1 Å². The van der Waals surface area contributed by atoms with Gasteiger partial charge in [0.15, 0.2) is 6.29 Å². The fraction of sp³-hybridized carbons (Fsp3) is 0.885. The Kier molecular flexibility index (Phi) is 23.5. The summed E-state index contributed by atoms with van der Waals surface area (Å²) >= 11 is 0. The molecule has 0 spiro atoms. The number of aliphatic hydroxyl groups is 2. The van der Waals surface area contributed by atoms with Crippen molar-refractivity contribution in [3.63, 3.8) is 0 Å². The molecule has 0 bridgehead atoms. The molecular formula is C26H48KNO9S. The summed E-state index contributed by atoms with van der Waals surface area (Å²) in [6, 6.07) is -1.05. The minimum Gasteiger partial charge on any atom is -0.726 e. The van der Waals surface area contributed by atoms with E-state index >= 15 is 0 Å². The Morgan fingerprint density at radius 1 is 0.921 bits per heavy atom. The van der Waals surface area contributed by atoms with Gasteiger partial charge in [-0.25, -0.2) is 8.42 Å². The van der Waals surface area contributed by atoms with Crippen molar-refractivity contribution in [2.24, 2.45) is 0 Å². The number of allylic oxidation sites excluding steroid dienone is 2. The van der Waals surface area contributed by atoms with Crippen LogP contribution in [0, 0.1) is 0 Å². The molecule has 0 unspecified atom stereocenters. The van der Waals surface area contributed by atoms with Crippen LogP contribution in [0.1, 0.15) is 104 Å². The first-order chi connectivity index (χ1) is 17.7. The number of unbranched alkanes of at least 4 members (excludes halogenated alkanes) is 12. The summed E-state index contributed by atoms with van der Waals surface area (Å²) in [7, 11) is -5.00. The summed E-state index contributed by atoms with van der Waals surface area (Å²) in [6.45, 7) is 3.01. The normalized spacial score (nSPS) is 23.9. The molecule has 1 fully saturated rings. The van der Waals surface area contributed by atoms with Crippen molar-refractivity contribution < 1.29 is 93.0 Å². The molecule has 1 saturated heterocycles. The fourth-order valence-electron chi connectivity index (χ4n) is 4.30. The van der Waals surface area contributed by atoms with Crippen LogP contribution in [0.15, 0.2) is 12.2 Å². The van der Waals surface area contributed by atoms with E-state index in [0.29, 0.717) is 0 Å². The van der Waals surface area contributed by atoms with E-state index < -0.39 is 53.6 Å². The van der Waals surface area contributed by atoms with E-state index in [1.165, 1.54) is 64.7 Å². The van der Waals surface area contributed by atoms with Crippen molar-refractivity contribution in [2.75, 3.05) is 13.2 Å². The zero-order chi connectivity index (χ0) is 27.5. The van der Waals surface area contributed by atoms with Gasteiger partial charge in [-0.1, -0.05) is 76.9 Å². The van der Waals surface area contributed by atoms with Crippen LogP contribution in [0.3, 0.4) is 0 Å². The predicted molar refractivity (Wildman–Crippen MR) is 139 cm³/mol. The molecule has 1 aliphatic heterocycles. The minimum atomic E-state index is -5.00. The Morgan fingerprint density at radius 2 is 1.45 bits per heavy atom. The molecule has 38 heavy (non-hydrogen) atoms. The molecule has 1 aliphatic rings. The first-order valence-electron chi connectivity index (χ1n) is 13.8.